The number of rotatable bonds is 5. The molecule has 0 N–H and O–H groups in total. The molecule has 0 radical (unpaired) electrons. The minimum Gasteiger partial charge on any atom is -0.491 e. The first-order valence-electron chi connectivity index (χ1n) is 9.86. The van der Waals surface area contributed by atoms with Crippen LogP contribution in [0.4, 0.5) is 17.6 Å². The van der Waals surface area contributed by atoms with E-state index >= 15 is 0 Å². The highest BCUT2D eigenvalue weighted by Crippen LogP contribution is 2.51. The molecule has 1 nitrogen and oxygen atoms in total. The molecule has 2 saturated carbocycles. The third-order valence-electron chi connectivity index (χ3n) is 6.30. The summed E-state index contributed by atoms with van der Waals surface area (Å²) in [6, 6.07) is 2.98. The fraction of sp³-hybridized carbons (Fsp3) is 0.714. The van der Waals surface area contributed by atoms with Crippen LogP contribution in [0.1, 0.15) is 63.9 Å². The van der Waals surface area contributed by atoms with E-state index in [-0.39, 0.29) is 35.7 Å². The number of halogens is 4. The van der Waals surface area contributed by atoms with Gasteiger partial charge < -0.3 is 4.74 Å². The minimum atomic E-state index is -1.50. The fourth-order valence-corrected chi connectivity index (χ4v) is 5.02. The molecule has 2 fully saturated rings. The maximum atomic E-state index is 14.8. The molecule has 26 heavy (non-hydrogen) atoms. The van der Waals surface area contributed by atoms with E-state index in [1.165, 1.54) is 6.07 Å². The summed E-state index contributed by atoms with van der Waals surface area (Å²) in [5.41, 5.74) is 0.270. The highest BCUT2D eigenvalue weighted by Gasteiger charge is 2.47. The molecule has 5 heteroatoms. The van der Waals surface area contributed by atoms with Crippen molar-refractivity contribution in [2.75, 3.05) is 6.61 Å². The Kier molecular flexibility index (Phi) is 6.13. The van der Waals surface area contributed by atoms with E-state index < -0.39 is 29.9 Å². The lowest BCUT2D eigenvalue weighted by Gasteiger charge is -2.24. The summed E-state index contributed by atoms with van der Waals surface area (Å²) in [5, 5.41) is 0. The molecule has 6 unspecified atom stereocenters. The van der Waals surface area contributed by atoms with Crippen LogP contribution in [0.25, 0.3) is 0 Å². The second-order valence-electron chi connectivity index (χ2n) is 7.82. The van der Waals surface area contributed by atoms with Gasteiger partial charge in [-0.15, -0.1) is 0 Å². The molecule has 1 aromatic rings. The second kappa shape index (κ2) is 8.18. The first-order valence-corrected chi connectivity index (χ1v) is 9.86. The predicted molar refractivity (Wildman–Crippen MR) is 93.9 cm³/mol. The first-order chi connectivity index (χ1) is 12.5. The molecular formula is C21H28F4O. The molecule has 146 valence electrons. The van der Waals surface area contributed by atoms with E-state index in [9.17, 15) is 17.6 Å². The third kappa shape index (κ3) is 3.59. The van der Waals surface area contributed by atoms with Crippen molar-refractivity contribution >= 4 is 0 Å². The smallest absolute Gasteiger partial charge is 0.200 e. The van der Waals surface area contributed by atoms with Gasteiger partial charge in [-0.25, -0.2) is 13.2 Å². The highest BCUT2D eigenvalue weighted by atomic mass is 19.2. The average Bonchev–Trinajstić information content (AvgIpc) is 3.01. The molecule has 0 aromatic heterocycles. The molecule has 2 aliphatic carbocycles. The summed E-state index contributed by atoms with van der Waals surface area (Å²) >= 11 is 0. The van der Waals surface area contributed by atoms with Gasteiger partial charge in [0.05, 0.1) is 6.61 Å². The van der Waals surface area contributed by atoms with Crippen LogP contribution >= 0.6 is 0 Å². The van der Waals surface area contributed by atoms with Crippen LogP contribution in [0, 0.1) is 29.4 Å². The summed E-state index contributed by atoms with van der Waals surface area (Å²) in [7, 11) is 0. The fourth-order valence-electron chi connectivity index (χ4n) is 5.02. The lowest BCUT2D eigenvalue weighted by molar-refractivity contribution is 0.0683. The Morgan fingerprint density at radius 3 is 2.46 bits per heavy atom. The average molecular weight is 372 g/mol. The van der Waals surface area contributed by atoms with Gasteiger partial charge in [-0.2, -0.15) is 4.39 Å². The van der Waals surface area contributed by atoms with Crippen molar-refractivity contribution < 1.29 is 22.3 Å². The summed E-state index contributed by atoms with van der Waals surface area (Å²) in [6.07, 6.45) is 1.06. The molecule has 0 spiro atoms. The molecule has 0 bridgehead atoms. The lowest BCUT2D eigenvalue weighted by atomic mass is 9.88. The van der Waals surface area contributed by atoms with Gasteiger partial charge in [0.15, 0.2) is 11.6 Å². The van der Waals surface area contributed by atoms with Crippen LogP contribution in [0.5, 0.6) is 5.75 Å². The molecule has 0 heterocycles. The van der Waals surface area contributed by atoms with Crippen molar-refractivity contribution in [3.63, 3.8) is 0 Å². The summed E-state index contributed by atoms with van der Waals surface area (Å²) in [6.45, 7) is 3.95. The Bertz CT molecular complexity index is 620. The van der Waals surface area contributed by atoms with Gasteiger partial charge in [-0.3, -0.25) is 0 Å². The van der Waals surface area contributed by atoms with Crippen molar-refractivity contribution in [1.82, 2.24) is 0 Å². The van der Waals surface area contributed by atoms with E-state index in [0.29, 0.717) is 25.7 Å². The Balaban J connectivity index is 1.78. The maximum Gasteiger partial charge on any atom is 0.200 e. The minimum absolute atomic E-state index is 0.0455. The second-order valence-corrected chi connectivity index (χ2v) is 7.82. The normalized spacial score (nSPS) is 34.4. The topological polar surface area (TPSA) is 9.23 Å². The van der Waals surface area contributed by atoms with Gasteiger partial charge in [-0.05, 0) is 74.3 Å². The molecule has 0 saturated heterocycles. The Hall–Kier alpha value is -1.26. The van der Waals surface area contributed by atoms with Crippen LogP contribution in [0.15, 0.2) is 12.1 Å². The Morgan fingerprint density at radius 2 is 1.77 bits per heavy atom. The van der Waals surface area contributed by atoms with Crippen LogP contribution < -0.4 is 4.74 Å². The third-order valence-corrected chi connectivity index (χ3v) is 6.30. The number of alkyl halides is 2. The van der Waals surface area contributed by atoms with E-state index in [2.05, 4.69) is 0 Å². The molecule has 3 rings (SSSR count). The monoisotopic (exact) mass is 372 g/mol. The number of ether oxygens (including phenoxy) is 1. The van der Waals surface area contributed by atoms with E-state index in [0.717, 1.165) is 12.8 Å². The summed E-state index contributed by atoms with van der Waals surface area (Å²) < 4.78 is 63.2. The maximum absolute atomic E-state index is 14.8. The standard InChI is InChI=1S/C21H28F4O/c1-3-5-12-6-7-13-10-14(11-16(13)20(24)18(12)22)15-8-9-17(26-4-2)21(25)19(15)23/h8-9,12-14,16,18,20H,3-7,10-11H2,1-2H3. The van der Waals surface area contributed by atoms with Crippen molar-refractivity contribution in [3.05, 3.63) is 29.3 Å². The number of hydrogen-bond acceptors (Lipinski definition) is 1. The molecule has 1 aromatic carbocycles. The van der Waals surface area contributed by atoms with Gasteiger partial charge in [0, 0.05) is 0 Å². The van der Waals surface area contributed by atoms with Gasteiger partial charge in [0.2, 0.25) is 5.82 Å². The van der Waals surface area contributed by atoms with Crippen molar-refractivity contribution in [2.24, 2.45) is 17.8 Å². The summed E-state index contributed by atoms with van der Waals surface area (Å²) in [4.78, 5) is 0. The Labute approximate surface area is 153 Å². The first kappa shape index (κ1) is 19.5. The summed E-state index contributed by atoms with van der Waals surface area (Å²) in [5.74, 6) is -2.82. The van der Waals surface area contributed by atoms with E-state index in [1.54, 1.807) is 13.0 Å². The van der Waals surface area contributed by atoms with Gasteiger partial charge in [0.25, 0.3) is 0 Å². The largest absolute Gasteiger partial charge is 0.491 e. The highest BCUT2D eigenvalue weighted by molar-refractivity contribution is 5.34. The zero-order valence-electron chi connectivity index (χ0n) is 15.5. The van der Waals surface area contributed by atoms with E-state index in [1.807, 2.05) is 6.92 Å². The van der Waals surface area contributed by atoms with Gasteiger partial charge >= 0.3 is 0 Å². The van der Waals surface area contributed by atoms with Gasteiger partial charge in [0.1, 0.15) is 12.3 Å². The van der Waals surface area contributed by atoms with Crippen LogP contribution in [-0.4, -0.2) is 19.0 Å². The molecule has 6 atom stereocenters. The van der Waals surface area contributed by atoms with Crippen LogP contribution in [0.2, 0.25) is 0 Å². The number of benzene rings is 1. The Morgan fingerprint density at radius 1 is 1.00 bits per heavy atom. The lowest BCUT2D eigenvalue weighted by Crippen LogP contribution is -2.31. The SMILES string of the molecule is CCCC1CCC2CC(c3ccc(OCC)c(F)c3F)CC2C(F)C1F. The van der Waals surface area contributed by atoms with Crippen LogP contribution in [0.3, 0.4) is 0 Å². The molecule has 0 aliphatic heterocycles. The van der Waals surface area contributed by atoms with Gasteiger partial charge in [-0.1, -0.05) is 19.4 Å². The number of fused-ring (bicyclic) bond motifs is 1. The molecule has 2 aliphatic rings. The zero-order chi connectivity index (χ0) is 18.8. The molecule has 0 amide bonds. The quantitative estimate of drug-likeness (QED) is 0.547. The number of hydrogen-bond donors (Lipinski definition) is 0. The zero-order valence-corrected chi connectivity index (χ0v) is 15.5. The van der Waals surface area contributed by atoms with E-state index in [4.69, 9.17) is 4.74 Å². The van der Waals surface area contributed by atoms with Crippen molar-refractivity contribution in [2.45, 2.75) is 70.6 Å². The van der Waals surface area contributed by atoms with Crippen LogP contribution in [-0.2, 0) is 0 Å². The molecular weight excluding hydrogens is 344 g/mol. The van der Waals surface area contributed by atoms with Crippen molar-refractivity contribution in [1.29, 1.82) is 0 Å². The predicted octanol–water partition coefficient (Wildman–Crippen LogP) is 6.36. The van der Waals surface area contributed by atoms with Crippen molar-refractivity contribution in [3.8, 4) is 5.75 Å².